The van der Waals surface area contributed by atoms with Crippen molar-refractivity contribution in [2.75, 3.05) is 18.0 Å². The second kappa shape index (κ2) is 9.93. The molecule has 1 aliphatic rings. The number of benzene rings is 2. The van der Waals surface area contributed by atoms with Gasteiger partial charge in [0.05, 0.1) is 16.6 Å². The molecular weight excluding hydrogens is 465 g/mol. The van der Waals surface area contributed by atoms with Crippen molar-refractivity contribution in [3.05, 3.63) is 97.0 Å². The zero-order valence-corrected chi connectivity index (χ0v) is 20.5. The molecule has 1 fully saturated rings. The van der Waals surface area contributed by atoms with Crippen molar-refractivity contribution >= 4 is 16.6 Å². The fourth-order valence-corrected chi connectivity index (χ4v) is 4.90. The van der Waals surface area contributed by atoms with Crippen molar-refractivity contribution in [1.82, 2.24) is 19.9 Å². The predicted molar refractivity (Wildman–Crippen MR) is 143 cm³/mol. The highest BCUT2D eigenvalue weighted by Crippen LogP contribution is 2.34. The van der Waals surface area contributed by atoms with E-state index in [0.29, 0.717) is 11.4 Å². The van der Waals surface area contributed by atoms with Crippen LogP contribution in [0.25, 0.3) is 33.3 Å². The molecule has 0 aliphatic carbocycles. The molecule has 6 rings (SSSR count). The lowest BCUT2D eigenvalue weighted by Gasteiger charge is -2.33. The van der Waals surface area contributed by atoms with Gasteiger partial charge in [-0.25, -0.2) is 14.4 Å². The lowest BCUT2D eigenvalue weighted by molar-refractivity contribution is 0.166. The van der Waals surface area contributed by atoms with Crippen molar-refractivity contribution in [2.24, 2.45) is 0 Å². The molecule has 1 aliphatic heterocycles. The number of hydrogen-bond donors (Lipinski definition) is 0. The number of piperidine rings is 1. The second-order valence-corrected chi connectivity index (χ2v) is 9.28. The minimum Gasteiger partial charge on any atom is -0.474 e. The van der Waals surface area contributed by atoms with Crippen molar-refractivity contribution in [2.45, 2.75) is 25.9 Å². The summed E-state index contributed by atoms with van der Waals surface area (Å²) in [6, 6.07) is 19.2. The van der Waals surface area contributed by atoms with E-state index in [9.17, 15) is 4.39 Å². The van der Waals surface area contributed by atoms with E-state index in [4.69, 9.17) is 4.74 Å². The number of aromatic nitrogens is 4. The van der Waals surface area contributed by atoms with Gasteiger partial charge in [0.2, 0.25) is 5.88 Å². The molecule has 0 radical (unpaired) electrons. The van der Waals surface area contributed by atoms with Gasteiger partial charge < -0.3 is 9.64 Å². The lowest BCUT2D eigenvalue weighted by atomic mass is 9.97. The standard InChI is InChI=1S/C30H26FN5O/c1-20-17-22(4-6-27(20)31)29-25(3-2-12-33-29)21-5-7-28-26(18-21)30(35-19-34-28)37-24-10-15-36(16-11-24)23-8-13-32-14-9-23/h2-9,12-14,17-19,24H,10-11,15-16H2,1H3. The quantitative estimate of drug-likeness (QED) is 0.290. The molecule has 0 atom stereocenters. The molecule has 0 bridgehead atoms. The molecule has 0 amide bonds. The van der Waals surface area contributed by atoms with Crippen LogP contribution in [-0.2, 0) is 0 Å². The lowest BCUT2D eigenvalue weighted by Crippen LogP contribution is -2.38. The summed E-state index contributed by atoms with van der Waals surface area (Å²) in [5.74, 6) is 0.370. The Labute approximate surface area is 214 Å². The highest BCUT2D eigenvalue weighted by atomic mass is 19.1. The maximum absolute atomic E-state index is 13.9. The first-order chi connectivity index (χ1) is 18.2. The fourth-order valence-electron chi connectivity index (χ4n) is 4.90. The Hall–Kier alpha value is -4.39. The highest BCUT2D eigenvalue weighted by molar-refractivity contribution is 5.91. The molecule has 4 heterocycles. The number of ether oxygens (including phenoxy) is 1. The summed E-state index contributed by atoms with van der Waals surface area (Å²) in [7, 11) is 0. The maximum Gasteiger partial charge on any atom is 0.224 e. The average Bonchev–Trinajstić information content (AvgIpc) is 2.95. The summed E-state index contributed by atoms with van der Waals surface area (Å²) in [4.78, 5) is 20.1. The van der Waals surface area contributed by atoms with Crippen molar-refractivity contribution in [3.63, 3.8) is 0 Å². The van der Waals surface area contributed by atoms with Crippen LogP contribution in [0.4, 0.5) is 10.1 Å². The van der Waals surface area contributed by atoms with E-state index in [1.807, 2.05) is 54.9 Å². The zero-order valence-electron chi connectivity index (χ0n) is 20.5. The van der Waals surface area contributed by atoms with Crippen molar-refractivity contribution in [1.29, 1.82) is 0 Å². The number of nitrogens with zero attached hydrogens (tertiary/aromatic N) is 5. The molecule has 3 aromatic heterocycles. The summed E-state index contributed by atoms with van der Waals surface area (Å²) in [5, 5.41) is 0.863. The van der Waals surface area contributed by atoms with Gasteiger partial charge in [-0.15, -0.1) is 0 Å². The highest BCUT2D eigenvalue weighted by Gasteiger charge is 2.22. The first-order valence-corrected chi connectivity index (χ1v) is 12.4. The molecule has 0 unspecified atom stereocenters. The van der Waals surface area contributed by atoms with Crippen LogP contribution in [-0.4, -0.2) is 39.1 Å². The molecule has 6 nitrogen and oxygen atoms in total. The van der Waals surface area contributed by atoms with Crippen LogP contribution in [0.5, 0.6) is 5.88 Å². The SMILES string of the molecule is Cc1cc(-c2ncccc2-c2ccc3ncnc(OC4CCN(c5ccncc5)CC4)c3c2)ccc1F. The monoisotopic (exact) mass is 491 g/mol. The zero-order chi connectivity index (χ0) is 25.2. The normalized spacial score (nSPS) is 14.2. The van der Waals surface area contributed by atoms with Crippen LogP contribution in [0.3, 0.4) is 0 Å². The van der Waals surface area contributed by atoms with E-state index in [0.717, 1.165) is 59.2 Å². The molecule has 37 heavy (non-hydrogen) atoms. The Morgan fingerprint density at radius 2 is 1.68 bits per heavy atom. The predicted octanol–water partition coefficient (Wildman–Crippen LogP) is 6.25. The Kier molecular flexibility index (Phi) is 6.18. The average molecular weight is 492 g/mol. The molecule has 0 N–H and O–H groups in total. The van der Waals surface area contributed by atoms with E-state index in [2.05, 4.69) is 30.9 Å². The van der Waals surface area contributed by atoms with Gasteiger partial charge in [0.15, 0.2) is 0 Å². The maximum atomic E-state index is 13.9. The number of pyridine rings is 2. The van der Waals surface area contributed by atoms with Crippen LogP contribution >= 0.6 is 0 Å². The van der Waals surface area contributed by atoms with E-state index >= 15 is 0 Å². The molecule has 5 aromatic rings. The second-order valence-electron chi connectivity index (χ2n) is 9.28. The Bertz CT molecular complexity index is 1550. The van der Waals surface area contributed by atoms with Crippen LogP contribution in [0.15, 0.2) is 85.6 Å². The van der Waals surface area contributed by atoms with Crippen LogP contribution < -0.4 is 9.64 Å². The number of rotatable bonds is 5. The summed E-state index contributed by atoms with van der Waals surface area (Å²) >= 11 is 0. The molecule has 1 saturated heterocycles. The first-order valence-electron chi connectivity index (χ1n) is 12.4. The van der Waals surface area contributed by atoms with Crippen LogP contribution in [0, 0.1) is 12.7 Å². The summed E-state index contributed by atoms with van der Waals surface area (Å²) < 4.78 is 20.3. The van der Waals surface area contributed by atoms with Gasteiger partial charge in [-0.05, 0) is 66.6 Å². The van der Waals surface area contributed by atoms with Gasteiger partial charge >= 0.3 is 0 Å². The van der Waals surface area contributed by atoms with Gasteiger partial charge in [0, 0.05) is 61.3 Å². The number of fused-ring (bicyclic) bond motifs is 1. The van der Waals surface area contributed by atoms with Gasteiger partial charge in [0.1, 0.15) is 18.2 Å². The van der Waals surface area contributed by atoms with E-state index in [-0.39, 0.29) is 11.9 Å². The molecule has 184 valence electrons. The number of anilines is 1. The minimum absolute atomic E-state index is 0.0796. The first kappa shape index (κ1) is 23.0. The molecular formula is C30H26FN5O. The van der Waals surface area contributed by atoms with Gasteiger partial charge in [-0.1, -0.05) is 12.1 Å². The summed E-state index contributed by atoms with van der Waals surface area (Å²) in [6.07, 6.45) is 8.86. The van der Waals surface area contributed by atoms with E-state index < -0.39 is 0 Å². The molecule has 7 heteroatoms. The Balaban J connectivity index is 1.29. The number of halogens is 1. The van der Waals surface area contributed by atoms with E-state index in [1.165, 1.54) is 11.8 Å². The number of hydrogen-bond acceptors (Lipinski definition) is 6. The fraction of sp³-hybridized carbons (Fsp3) is 0.200. The van der Waals surface area contributed by atoms with Crippen molar-refractivity contribution < 1.29 is 9.13 Å². The van der Waals surface area contributed by atoms with Gasteiger partial charge in [0.25, 0.3) is 0 Å². The molecule has 2 aromatic carbocycles. The topological polar surface area (TPSA) is 64.0 Å². The third-order valence-corrected chi connectivity index (χ3v) is 6.90. The Morgan fingerprint density at radius 1 is 0.865 bits per heavy atom. The minimum atomic E-state index is -0.225. The van der Waals surface area contributed by atoms with Crippen LogP contribution in [0.1, 0.15) is 18.4 Å². The smallest absolute Gasteiger partial charge is 0.224 e. The number of aryl methyl sites for hydroxylation is 1. The largest absolute Gasteiger partial charge is 0.474 e. The Morgan fingerprint density at radius 3 is 2.49 bits per heavy atom. The third-order valence-electron chi connectivity index (χ3n) is 6.90. The van der Waals surface area contributed by atoms with Gasteiger partial charge in [-0.2, -0.15) is 0 Å². The van der Waals surface area contributed by atoms with Crippen molar-refractivity contribution in [3.8, 4) is 28.3 Å². The van der Waals surface area contributed by atoms with Crippen LogP contribution in [0.2, 0.25) is 0 Å². The molecule has 0 saturated carbocycles. The van der Waals surface area contributed by atoms with E-state index in [1.54, 1.807) is 25.5 Å². The van der Waals surface area contributed by atoms with Gasteiger partial charge in [-0.3, -0.25) is 9.97 Å². The molecule has 0 spiro atoms. The summed E-state index contributed by atoms with van der Waals surface area (Å²) in [5.41, 5.74) is 6.21. The summed E-state index contributed by atoms with van der Waals surface area (Å²) in [6.45, 7) is 3.60. The third kappa shape index (κ3) is 4.72.